The summed E-state index contributed by atoms with van der Waals surface area (Å²) in [5, 5.41) is 14.5. The Kier molecular flexibility index (Phi) is 4.95. The van der Waals surface area contributed by atoms with E-state index in [4.69, 9.17) is 10.9 Å². The van der Waals surface area contributed by atoms with Crippen LogP contribution in [0.3, 0.4) is 0 Å². The van der Waals surface area contributed by atoms with Crippen LogP contribution in [0.5, 0.6) is 0 Å². The van der Waals surface area contributed by atoms with Gasteiger partial charge in [-0.25, -0.2) is 0 Å². The summed E-state index contributed by atoms with van der Waals surface area (Å²) in [6, 6.07) is 0.380. The number of rotatable bonds is 4. The van der Waals surface area contributed by atoms with Gasteiger partial charge in [-0.1, -0.05) is 11.6 Å². The van der Waals surface area contributed by atoms with Crippen LogP contribution in [0.1, 0.15) is 33.1 Å². The van der Waals surface area contributed by atoms with E-state index in [-0.39, 0.29) is 11.7 Å². The smallest absolute Gasteiger partial charge is 0.233 e. The molecule has 1 fully saturated rings. The van der Waals surface area contributed by atoms with Gasteiger partial charge in [-0.2, -0.15) is 0 Å². The number of amides is 1. The molecule has 0 saturated carbocycles. The predicted octanol–water partition coefficient (Wildman–Crippen LogP) is 0.360. The highest BCUT2D eigenvalue weighted by Crippen LogP contribution is 2.17. The lowest BCUT2D eigenvalue weighted by Crippen LogP contribution is -2.50. The number of piperidine rings is 1. The zero-order valence-corrected chi connectivity index (χ0v) is 11.4. The second-order valence-electron chi connectivity index (χ2n) is 5.45. The molecule has 1 saturated heterocycles. The van der Waals surface area contributed by atoms with Crippen LogP contribution < -0.4 is 11.1 Å². The average molecular weight is 256 g/mol. The third-order valence-corrected chi connectivity index (χ3v) is 3.74. The van der Waals surface area contributed by atoms with Crippen molar-refractivity contribution in [2.75, 3.05) is 20.1 Å². The largest absolute Gasteiger partial charge is 0.409 e. The van der Waals surface area contributed by atoms with Gasteiger partial charge in [0, 0.05) is 12.6 Å². The number of nitrogens with one attached hydrogen (secondary N) is 1. The van der Waals surface area contributed by atoms with E-state index in [1.807, 2.05) is 0 Å². The molecule has 1 unspecified atom stereocenters. The van der Waals surface area contributed by atoms with Crippen molar-refractivity contribution in [2.24, 2.45) is 16.3 Å². The van der Waals surface area contributed by atoms with E-state index in [1.165, 1.54) is 12.8 Å². The van der Waals surface area contributed by atoms with Crippen LogP contribution in [0.2, 0.25) is 0 Å². The Labute approximate surface area is 108 Å². The maximum atomic E-state index is 12.0. The van der Waals surface area contributed by atoms with Crippen LogP contribution in [0.25, 0.3) is 0 Å². The summed E-state index contributed by atoms with van der Waals surface area (Å²) in [5.41, 5.74) is 4.53. The summed E-state index contributed by atoms with van der Waals surface area (Å²) >= 11 is 0. The minimum absolute atomic E-state index is 0.0722. The summed E-state index contributed by atoms with van der Waals surface area (Å²) in [4.78, 5) is 14.3. The second-order valence-corrected chi connectivity index (χ2v) is 5.45. The fraction of sp³-hybridized carbons (Fsp3) is 0.833. The number of nitrogens with zero attached hydrogens (tertiary/aromatic N) is 2. The molecule has 1 aliphatic rings. The molecule has 6 heteroatoms. The van der Waals surface area contributed by atoms with E-state index >= 15 is 0 Å². The van der Waals surface area contributed by atoms with Crippen molar-refractivity contribution in [1.82, 2.24) is 10.2 Å². The monoisotopic (exact) mass is 256 g/mol. The molecule has 1 heterocycles. The van der Waals surface area contributed by atoms with Crippen molar-refractivity contribution in [3.63, 3.8) is 0 Å². The lowest BCUT2D eigenvalue weighted by atomic mass is 9.90. The van der Waals surface area contributed by atoms with Crippen LogP contribution >= 0.6 is 0 Å². The zero-order valence-electron chi connectivity index (χ0n) is 11.4. The van der Waals surface area contributed by atoms with E-state index < -0.39 is 5.41 Å². The van der Waals surface area contributed by atoms with Crippen LogP contribution in [0.15, 0.2) is 5.16 Å². The van der Waals surface area contributed by atoms with Gasteiger partial charge in [0.1, 0.15) is 5.41 Å². The molecule has 1 aliphatic heterocycles. The number of carbonyl (C=O) groups is 1. The number of hydrogen-bond acceptors (Lipinski definition) is 4. The fourth-order valence-corrected chi connectivity index (χ4v) is 2.07. The molecule has 18 heavy (non-hydrogen) atoms. The van der Waals surface area contributed by atoms with Crippen LogP contribution in [-0.2, 0) is 4.79 Å². The van der Waals surface area contributed by atoms with Gasteiger partial charge in [-0.05, 0) is 40.3 Å². The van der Waals surface area contributed by atoms with Crippen molar-refractivity contribution in [2.45, 2.75) is 39.2 Å². The van der Waals surface area contributed by atoms with Gasteiger partial charge in [0.25, 0.3) is 0 Å². The number of likely N-dealkylation sites (tertiary alicyclic amines) is 1. The Morgan fingerprint density at radius 1 is 1.56 bits per heavy atom. The Bertz CT molecular complexity index is 328. The van der Waals surface area contributed by atoms with Gasteiger partial charge in [-0.15, -0.1) is 0 Å². The maximum Gasteiger partial charge on any atom is 0.233 e. The first kappa shape index (κ1) is 14.8. The molecule has 1 atom stereocenters. The van der Waals surface area contributed by atoms with E-state index in [0.29, 0.717) is 12.6 Å². The number of amidine groups is 1. The van der Waals surface area contributed by atoms with E-state index in [9.17, 15) is 4.79 Å². The number of nitrogens with two attached hydrogens (primary N) is 1. The number of carbonyl (C=O) groups excluding carboxylic acids is 1. The van der Waals surface area contributed by atoms with E-state index in [0.717, 1.165) is 13.0 Å². The summed E-state index contributed by atoms with van der Waals surface area (Å²) in [6.45, 7) is 4.96. The minimum atomic E-state index is -0.984. The molecule has 0 radical (unpaired) electrons. The molecule has 6 nitrogen and oxygen atoms in total. The first-order chi connectivity index (χ1) is 8.39. The molecule has 104 valence electrons. The van der Waals surface area contributed by atoms with Gasteiger partial charge in [0.15, 0.2) is 5.84 Å². The zero-order chi connectivity index (χ0) is 13.8. The van der Waals surface area contributed by atoms with Crippen molar-refractivity contribution in [3.05, 3.63) is 0 Å². The topological polar surface area (TPSA) is 91.0 Å². The van der Waals surface area contributed by atoms with Crippen molar-refractivity contribution in [1.29, 1.82) is 0 Å². The molecule has 1 rings (SSSR count). The standard InChI is InChI=1S/C12H24N4O2/c1-12(2,10(13)15-18)11(17)14-8-9-6-4-5-7-16(9)3/h9,18H,4-8H2,1-3H3,(H2,13,15)(H,14,17). The molecule has 0 aromatic heterocycles. The Balaban J connectivity index is 2.50. The van der Waals surface area contributed by atoms with Crippen LogP contribution in [-0.4, -0.2) is 48.0 Å². The summed E-state index contributed by atoms with van der Waals surface area (Å²) in [5.74, 6) is -0.284. The van der Waals surface area contributed by atoms with E-state index in [2.05, 4.69) is 22.4 Å². The SMILES string of the molecule is CN1CCCCC1CNC(=O)C(C)(C)C(N)=NO. The van der Waals surface area contributed by atoms with Gasteiger partial charge in [0.2, 0.25) is 5.91 Å². The highest BCUT2D eigenvalue weighted by molar-refractivity contribution is 6.05. The third kappa shape index (κ3) is 3.35. The fourth-order valence-electron chi connectivity index (χ4n) is 2.07. The lowest BCUT2D eigenvalue weighted by molar-refractivity contribution is -0.126. The Morgan fingerprint density at radius 2 is 2.22 bits per heavy atom. The Hall–Kier alpha value is -1.30. The number of likely N-dealkylation sites (N-methyl/N-ethyl adjacent to an activating group) is 1. The maximum absolute atomic E-state index is 12.0. The van der Waals surface area contributed by atoms with Crippen molar-refractivity contribution in [3.8, 4) is 0 Å². The van der Waals surface area contributed by atoms with Crippen molar-refractivity contribution >= 4 is 11.7 Å². The second kappa shape index (κ2) is 6.04. The average Bonchev–Trinajstić information content (AvgIpc) is 2.36. The van der Waals surface area contributed by atoms with Crippen molar-refractivity contribution < 1.29 is 10.0 Å². The highest BCUT2D eigenvalue weighted by atomic mass is 16.4. The highest BCUT2D eigenvalue weighted by Gasteiger charge is 2.33. The molecule has 0 spiro atoms. The van der Waals surface area contributed by atoms with Crippen LogP contribution in [0, 0.1) is 5.41 Å². The van der Waals surface area contributed by atoms with Crippen LogP contribution in [0.4, 0.5) is 0 Å². The molecule has 0 bridgehead atoms. The number of hydrogen-bond donors (Lipinski definition) is 3. The van der Waals surface area contributed by atoms with Gasteiger partial charge in [-0.3, -0.25) is 4.79 Å². The minimum Gasteiger partial charge on any atom is -0.409 e. The summed E-state index contributed by atoms with van der Waals surface area (Å²) < 4.78 is 0. The molecular formula is C12H24N4O2. The quantitative estimate of drug-likeness (QED) is 0.293. The van der Waals surface area contributed by atoms with E-state index in [1.54, 1.807) is 13.8 Å². The molecule has 0 aliphatic carbocycles. The molecular weight excluding hydrogens is 232 g/mol. The summed E-state index contributed by atoms with van der Waals surface area (Å²) in [6.07, 6.45) is 3.52. The van der Waals surface area contributed by atoms with Gasteiger partial charge >= 0.3 is 0 Å². The molecule has 0 aromatic carbocycles. The van der Waals surface area contributed by atoms with Gasteiger partial charge < -0.3 is 21.2 Å². The Morgan fingerprint density at radius 3 is 2.78 bits per heavy atom. The third-order valence-electron chi connectivity index (χ3n) is 3.74. The first-order valence-electron chi connectivity index (χ1n) is 6.36. The number of oxime groups is 1. The molecule has 4 N–H and O–H groups in total. The normalized spacial score (nSPS) is 22.8. The lowest BCUT2D eigenvalue weighted by Gasteiger charge is -2.33. The predicted molar refractivity (Wildman–Crippen MR) is 70.5 cm³/mol. The molecule has 0 aromatic rings. The molecule has 1 amide bonds. The van der Waals surface area contributed by atoms with Gasteiger partial charge in [0.05, 0.1) is 0 Å². The first-order valence-corrected chi connectivity index (χ1v) is 6.36. The summed E-state index contributed by atoms with van der Waals surface area (Å²) in [7, 11) is 2.07.